The smallest absolute Gasteiger partial charge is 0.224 e. The Bertz CT molecular complexity index is 842. The van der Waals surface area contributed by atoms with E-state index in [0.717, 1.165) is 24.5 Å². The van der Waals surface area contributed by atoms with Gasteiger partial charge in [-0.1, -0.05) is 38.0 Å². The second kappa shape index (κ2) is 8.48. The zero-order valence-electron chi connectivity index (χ0n) is 17.9. The minimum absolute atomic E-state index is 0.117. The molecule has 0 spiro atoms. The Kier molecular flexibility index (Phi) is 5.79. The minimum Gasteiger partial charge on any atom is -0.378 e. The number of para-hydroxylation sites is 1. The van der Waals surface area contributed by atoms with Gasteiger partial charge < -0.3 is 15.1 Å². The van der Waals surface area contributed by atoms with Crippen LogP contribution in [0.3, 0.4) is 0 Å². The number of rotatable bonds is 3. The first kappa shape index (κ1) is 19.8. The number of nitrogens with zero attached hydrogens (tertiary/aromatic N) is 2. The van der Waals surface area contributed by atoms with Crippen molar-refractivity contribution >= 4 is 23.0 Å². The van der Waals surface area contributed by atoms with Gasteiger partial charge in [-0.2, -0.15) is 0 Å². The van der Waals surface area contributed by atoms with Crippen LogP contribution in [0.5, 0.6) is 0 Å². The molecular weight excluding hydrogens is 358 g/mol. The number of benzene rings is 2. The number of carbonyl (C=O) groups excluding carboxylic acids is 1. The third kappa shape index (κ3) is 3.98. The van der Waals surface area contributed by atoms with Gasteiger partial charge in [-0.05, 0) is 50.1 Å². The molecule has 0 saturated carbocycles. The molecule has 2 aromatic carbocycles. The van der Waals surface area contributed by atoms with Gasteiger partial charge in [-0.25, -0.2) is 0 Å². The van der Waals surface area contributed by atoms with Crippen molar-refractivity contribution in [2.45, 2.75) is 58.5 Å². The Balaban J connectivity index is 1.75. The molecule has 29 heavy (non-hydrogen) atoms. The van der Waals surface area contributed by atoms with Crippen LogP contribution in [0, 0.1) is 5.92 Å². The number of nitrogens with one attached hydrogen (secondary N) is 1. The fourth-order valence-electron chi connectivity index (χ4n) is 4.93. The van der Waals surface area contributed by atoms with Crippen LogP contribution in [-0.2, 0) is 4.79 Å². The standard InChI is InChI=1S/C25H33N3O/c1-18-19(2)28(20(3)29)24-14-13-22(27-15-9-4-5-10-16-27)17-23(24)25(18)26-21-11-7-6-8-12-21/h6-8,11-14,17-19,25-26H,4-5,9-10,15-16H2,1-3H3/t18-,19-,25+/m0/s1. The molecule has 0 radical (unpaired) electrons. The number of anilines is 3. The van der Waals surface area contributed by atoms with Crippen molar-refractivity contribution in [2.24, 2.45) is 5.92 Å². The van der Waals surface area contributed by atoms with Crippen molar-refractivity contribution in [1.82, 2.24) is 0 Å². The Hall–Kier alpha value is -2.49. The highest BCUT2D eigenvalue weighted by molar-refractivity contribution is 5.94. The fraction of sp³-hybridized carbons (Fsp3) is 0.480. The SMILES string of the molecule is CC(=O)N1c2ccc(N3CCCCCC3)cc2[C@H](Nc2ccccc2)[C@@H](C)[C@@H]1C. The zero-order chi connectivity index (χ0) is 20.4. The van der Waals surface area contributed by atoms with E-state index in [1.165, 1.54) is 36.9 Å². The van der Waals surface area contributed by atoms with Crippen LogP contribution in [0.25, 0.3) is 0 Å². The molecular formula is C25H33N3O. The lowest BCUT2D eigenvalue weighted by Crippen LogP contribution is -2.48. The molecule has 0 bridgehead atoms. The summed E-state index contributed by atoms with van der Waals surface area (Å²) in [6, 6.07) is 17.4. The summed E-state index contributed by atoms with van der Waals surface area (Å²) in [6.07, 6.45) is 5.17. The third-order valence-corrected chi connectivity index (χ3v) is 6.71. The van der Waals surface area contributed by atoms with Gasteiger partial charge in [0.25, 0.3) is 0 Å². The van der Waals surface area contributed by atoms with Gasteiger partial charge in [0.05, 0.1) is 6.04 Å². The number of hydrogen-bond acceptors (Lipinski definition) is 3. The summed E-state index contributed by atoms with van der Waals surface area (Å²) < 4.78 is 0. The molecule has 0 unspecified atom stereocenters. The maximum atomic E-state index is 12.5. The number of fused-ring (bicyclic) bond motifs is 1. The van der Waals surface area contributed by atoms with Crippen molar-refractivity contribution in [3.05, 3.63) is 54.1 Å². The van der Waals surface area contributed by atoms with E-state index in [4.69, 9.17) is 0 Å². The highest BCUT2D eigenvalue weighted by Gasteiger charge is 2.38. The van der Waals surface area contributed by atoms with E-state index in [2.05, 4.69) is 66.5 Å². The van der Waals surface area contributed by atoms with Gasteiger partial charge in [0.1, 0.15) is 0 Å². The maximum absolute atomic E-state index is 12.5. The van der Waals surface area contributed by atoms with Gasteiger partial charge in [0, 0.05) is 54.6 Å². The van der Waals surface area contributed by atoms with Gasteiger partial charge in [0.2, 0.25) is 5.91 Å². The fourth-order valence-corrected chi connectivity index (χ4v) is 4.93. The van der Waals surface area contributed by atoms with E-state index in [1.54, 1.807) is 6.92 Å². The maximum Gasteiger partial charge on any atom is 0.224 e. The highest BCUT2D eigenvalue weighted by Crippen LogP contribution is 2.44. The van der Waals surface area contributed by atoms with Crippen molar-refractivity contribution in [3.8, 4) is 0 Å². The van der Waals surface area contributed by atoms with Crippen molar-refractivity contribution in [2.75, 3.05) is 28.2 Å². The Labute approximate surface area is 174 Å². The molecule has 2 aromatic rings. The molecule has 3 atom stereocenters. The summed E-state index contributed by atoms with van der Waals surface area (Å²) in [6.45, 7) is 8.34. The highest BCUT2D eigenvalue weighted by atomic mass is 16.2. The van der Waals surface area contributed by atoms with Crippen LogP contribution < -0.4 is 15.1 Å². The van der Waals surface area contributed by atoms with Gasteiger partial charge in [-0.3, -0.25) is 4.79 Å². The van der Waals surface area contributed by atoms with Crippen LogP contribution in [0.4, 0.5) is 17.1 Å². The van der Waals surface area contributed by atoms with Gasteiger partial charge >= 0.3 is 0 Å². The molecule has 1 saturated heterocycles. The van der Waals surface area contributed by atoms with Crippen LogP contribution in [0.15, 0.2) is 48.5 Å². The average Bonchev–Trinajstić information content (AvgIpc) is 3.01. The second-order valence-corrected chi connectivity index (χ2v) is 8.62. The van der Waals surface area contributed by atoms with E-state index >= 15 is 0 Å². The molecule has 4 nitrogen and oxygen atoms in total. The summed E-state index contributed by atoms with van der Waals surface area (Å²) in [4.78, 5) is 17.0. The summed E-state index contributed by atoms with van der Waals surface area (Å²) in [7, 11) is 0. The molecule has 1 amide bonds. The van der Waals surface area contributed by atoms with Crippen LogP contribution in [0.2, 0.25) is 0 Å². The lowest BCUT2D eigenvalue weighted by Gasteiger charge is -2.44. The van der Waals surface area contributed by atoms with E-state index in [9.17, 15) is 4.79 Å². The molecule has 2 aliphatic rings. The lowest BCUT2D eigenvalue weighted by molar-refractivity contribution is -0.117. The average molecular weight is 392 g/mol. The summed E-state index contributed by atoms with van der Waals surface area (Å²) in [5, 5.41) is 3.76. The molecule has 2 aliphatic heterocycles. The van der Waals surface area contributed by atoms with Gasteiger partial charge in [0.15, 0.2) is 0 Å². The number of hydrogen-bond donors (Lipinski definition) is 1. The van der Waals surface area contributed by atoms with E-state index in [-0.39, 0.29) is 18.0 Å². The first-order chi connectivity index (χ1) is 14.1. The van der Waals surface area contributed by atoms with Crippen molar-refractivity contribution in [1.29, 1.82) is 0 Å². The van der Waals surface area contributed by atoms with Gasteiger partial charge in [-0.15, -0.1) is 0 Å². The summed E-state index contributed by atoms with van der Waals surface area (Å²) in [5.74, 6) is 0.414. The van der Waals surface area contributed by atoms with E-state index in [0.29, 0.717) is 5.92 Å². The van der Waals surface area contributed by atoms with Crippen LogP contribution in [-0.4, -0.2) is 25.0 Å². The topological polar surface area (TPSA) is 35.6 Å². The van der Waals surface area contributed by atoms with Crippen LogP contribution >= 0.6 is 0 Å². The Morgan fingerprint density at radius 3 is 2.31 bits per heavy atom. The molecule has 4 rings (SSSR count). The molecule has 1 N–H and O–H groups in total. The van der Waals surface area contributed by atoms with E-state index < -0.39 is 0 Å². The minimum atomic E-state index is 0.117. The Morgan fingerprint density at radius 1 is 0.966 bits per heavy atom. The molecule has 2 heterocycles. The summed E-state index contributed by atoms with van der Waals surface area (Å²) in [5.41, 5.74) is 4.70. The molecule has 4 heteroatoms. The quantitative estimate of drug-likeness (QED) is 0.738. The normalized spacial score (nSPS) is 24.6. The molecule has 154 valence electrons. The summed E-state index contributed by atoms with van der Waals surface area (Å²) >= 11 is 0. The van der Waals surface area contributed by atoms with Crippen LogP contribution in [0.1, 0.15) is 58.1 Å². The largest absolute Gasteiger partial charge is 0.378 e. The van der Waals surface area contributed by atoms with Crippen molar-refractivity contribution in [3.63, 3.8) is 0 Å². The zero-order valence-corrected chi connectivity index (χ0v) is 17.9. The van der Waals surface area contributed by atoms with E-state index in [1.807, 2.05) is 11.0 Å². The second-order valence-electron chi connectivity index (χ2n) is 8.62. The molecule has 0 aliphatic carbocycles. The third-order valence-electron chi connectivity index (χ3n) is 6.71. The lowest BCUT2D eigenvalue weighted by atomic mass is 9.82. The number of carbonyl (C=O) groups is 1. The monoisotopic (exact) mass is 391 g/mol. The first-order valence-corrected chi connectivity index (χ1v) is 11.1. The molecule has 1 fully saturated rings. The Morgan fingerprint density at radius 2 is 1.66 bits per heavy atom. The molecule has 0 aromatic heterocycles. The first-order valence-electron chi connectivity index (χ1n) is 11.1. The van der Waals surface area contributed by atoms with Crippen molar-refractivity contribution < 1.29 is 4.79 Å². The number of amides is 1. The predicted octanol–water partition coefficient (Wildman–Crippen LogP) is 5.61. The predicted molar refractivity (Wildman–Crippen MR) is 122 cm³/mol.